The molecule has 112 valence electrons. The Hall–Kier alpha value is -1.51. The van der Waals surface area contributed by atoms with Gasteiger partial charge in [0, 0.05) is 6.92 Å². The Morgan fingerprint density at radius 1 is 1.35 bits per heavy atom. The number of hydrogen-bond acceptors (Lipinski definition) is 6. The monoisotopic (exact) mass is 303 g/mol. The Labute approximate surface area is 119 Å². The Morgan fingerprint density at radius 2 is 2.00 bits per heavy atom. The van der Waals surface area contributed by atoms with Gasteiger partial charge in [0.05, 0.1) is 13.2 Å². The van der Waals surface area contributed by atoms with Gasteiger partial charge in [0.25, 0.3) is 0 Å². The van der Waals surface area contributed by atoms with Crippen LogP contribution in [0.5, 0.6) is 0 Å². The summed E-state index contributed by atoms with van der Waals surface area (Å²) in [6.45, 7) is 4.99. The van der Waals surface area contributed by atoms with Gasteiger partial charge in [-0.05, 0) is 31.3 Å². The van der Waals surface area contributed by atoms with Crippen LogP contribution in [0.4, 0.5) is 0 Å². The van der Waals surface area contributed by atoms with Crippen molar-refractivity contribution < 1.29 is 23.4 Å². The summed E-state index contributed by atoms with van der Waals surface area (Å²) in [5.74, 6) is -1.31. The molecule has 0 radical (unpaired) electrons. The molecule has 0 aliphatic carbocycles. The first-order chi connectivity index (χ1) is 9.41. The molecule has 2 atom stereocenters. The van der Waals surface area contributed by atoms with Gasteiger partial charge in [-0.2, -0.15) is 5.26 Å². The lowest BCUT2D eigenvalue weighted by atomic mass is 9.95. The van der Waals surface area contributed by atoms with Crippen molar-refractivity contribution in [3.05, 3.63) is 0 Å². The average molecular weight is 303 g/mol. The standard InChI is InChI=1S/C12H19N2O5P/c1-4-18-11(16)12(9-13,14-10(3)15)7-6-8-20(17)19-5-2/h4-8H2,1-3H3/p+1. The quantitative estimate of drug-likeness (QED) is 0.511. The number of hydrogen-bond donors (Lipinski definition) is 1. The molecule has 0 rings (SSSR count). The molecule has 0 aromatic carbocycles. The van der Waals surface area contributed by atoms with Crippen molar-refractivity contribution >= 4 is 19.9 Å². The minimum absolute atomic E-state index is 0.0239. The fourth-order valence-electron chi connectivity index (χ4n) is 1.58. The van der Waals surface area contributed by atoms with E-state index in [1.165, 1.54) is 6.92 Å². The summed E-state index contributed by atoms with van der Waals surface area (Å²) in [7, 11) is -1.81. The van der Waals surface area contributed by atoms with Crippen LogP contribution < -0.4 is 5.32 Å². The van der Waals surface area contributed by atoms with E-state index in [2.05, 4.69) is 5.32 Å². The molecular weight excluding hydrogens is 283 g/mol. The first kappa shape index (κ1) is 18.5. The molecule has 8 heteroatoms. The van der Waals surface area contributed by atoms with E-state index in [0.717, 1.165) is 0 Å². The number of carbonyl (C=O) groups is 2. The van der Waals surface area contributed by atoms with Gasteiger partial charge < -0.3 is 10.1 Å². The largest absolute Gasteiger partial charge is 0.508 e. The van der Waals surface area contributed by atoms with E-state index in [0.29, 0.717) is 13.0 Å². The molecule has 0 aliphatic rings. The van der Waals surface area contributed by atoms with Gasteiger partial charge in [-0.1, -0.05) is 0 Å². The fraction of sp³-hybridized carbons (Fsp3) is 0.750. The van der Waals surface area contributed by atoms with E-state index in [1.807, 2.05) is 0 Å². The second kappa shape index (κ2) is 9.40. The molecule has 20 heavy (non-hydrogen) atoms. The van der Waals surface area contributed by atoms with Gasteiger partial charge >= 0.3 is 14.0 Å². The normalized spacial score (nSPS) is 13.8. The zero-order valence-electron chi connectivity index (χ0n) is 12.0. The van der Waals surface area contributed by atoms with Gasteiger partial charge in [0.15, 0.2) is 6.16 Å². The molecule has 0 aromatic heterocycles. The predicted octanol–water partition coefficient (Wildman–Crippen LogP) is 1.51. The third-order valence-electron chi connectivity index (χ3n) is 2.37. The van der Waals surface area contributed by atoms with Crippen molar-refractivity contribution in [3.8, 4) is 6.07 Å². The summed E-state index contributed by atoms with van der Waals surface area (Å²) >= 11 is 0. The lowest BCUT2D eigenvalue weighted by Gasteiger charge is -2.24. The van der Waals surface area contributed by atoms with E-state index in [1.54, 1.807) is 19.9 Å². The molecule has 0 fully saturated rings. The third-order valence-corrected chi connectivity index (χ3v) is 3.60. The molecule has 0 spiro atoms. The maximum absolute atomic E-state index is 11.9. The zero-order chi connectivity index (χ0) is 15.6. The minimum atomic E-state index is -1.81. The Balaban J connectivity index is 4.76. The summed E-state index contributed by atoms with van der Waals surface area (Å²) in [6, 6.07) is 1.80. The first-order valence-electron chi connectivity index (χ1n) is 6.36. The number of ether oxygens (including phenoxy) is 1. The lowest BCUT2D eigenvalue weighted by molar-refractivity contribution is -0.150. The van der Waals surface area contributed by atoms with Crippen molar-refractivity contribution in [2.24, 2.45) is 0 Å². The number of rotatable bonds is 9. The van der Waals surface area contributed by atoms with Crippen LogP contribution in [0, 0.1) is 11.3 Å². The van der Waals surface area contributed by atoms with Crippen molar-refractivity contribution in [1.82, 2.24) is 5.32 Å². The average Bonchev–Trinajstić information content (AvgIpc) is 2.37. The van der Waals surface area contributed by atoms with E-state index in [4.69, 9.17) is 9.26 Å². The van der Waals surface area contributed by atoms with E-state index in [9.17, 15) is 19.4 Å². The first-order valence-corrected chi connectivity index (χ1v) is 7.73. The summed E-state index contributed by atoms with van der Waals surface area (Å²) in [4.78, 5) is 23.0. The smallest absolute Gasteiger partial charge is 0.463 e. The SMILES string of the molecule is CCOC(=O)C(C#N)(CCC[P+](=O)OCC)NC(C)=O. The Morgan fingerprint density at radius 3 is 2.45 bits per heavy atom. The molecule has 0 saturated heterocycles. The van der Waals surface area contributed by atoms with Crippen LogP contribution in [0.15, 0.2) is 0 Å². The highest BCUT2D eigenvalue weighted by atomic mass is 31.1. The van der Waals surface area contributed by atoms with Crippen LogP contribution in [-0.2, 0) is 23.4 Å². The van der Waals surface area contributed by atoms with E-state index < -0.39 is 25.4 Å². The predicted molar refractivity (Wildman–Crippen MR) is 72.1 cm³/mol. The highest BCUT2D eigenvalue weighted by Crippen LogP contribution is 2.26. The number of nitrogens with zero attached hydrogens (tertiary/aromatic N) is 1. The molecule has 0 saturated carbocycles. The van der Waals surface area contributed by atoms with E-state index >= 15 is 0 Å². The van der Waals surface area contributed by atoms with Crippen LogP contribution in [0.1, 0.15) is 33.6 Å². The number of amides is 1. The van der Waals surface area contributed by atoms with Gasteiger partial charge in [0.1, 0.15) is 6.07 Å². The van der Waals surface area contributed by atoms with Crippen molar-refractivity contribution in [2.75, 3.05) is 19.4 Å². The van der Waals surface area contributed by atoms with Crippen LogP contribution in [0.3, 0.4) is 0 Å². The van der Waals surface area contributed by atoms with Gasteiger partial charge in [-0.15, -0.1) is 4.52 Å². The maximum Gasteiger partial charge on any atom is 0.508 e. The number of esters is 1. The zero-order valence-corrected chi connectivity index (χ0v) is 12.9. The number of nitriles is 1. The van der Waals surface area contributed by atoms with Crippen LogP contribution in [0.2, 0.25) is 0 Å². The fourth-order valence-corrected chi connectivity index (χ4v) is 2.42. The molecule has 0 heterocycles. The lowest BCUT2D eigenvalue weighted by Crippen LogP contribution is -2.53. The molecule has 1 amide bonds. The number of nitrogens with one attached hydrogen (secondary N) is 1. The van der Waals surface area contributed by atoms with Crippen LogP contribution in [-0.4, -0.2) is 36.8 Å². The summed E-state index contributed by atoms with van der Waals surface area (Å²) in [5.41, 5.74) is -1.73. The third kappa shape index (κ3) is 6.09. The molecule has 0 bridgehead atoms. The highest BCUT2D eigenvalue weighted by molar-refractivity contribution is 7.39. The van der Waals surface area contributed by atoms with Gasteiger partial charge in [-0.25, -0.2) is 4.79 Å². The van der Waals surface area contributed by atoms with Gasteiger partial charge in [-0.3, -0.25) is 4.79 Å². The molecule has 0 aromatic rings. The van der Waals surface area contributed by atoms with Crippen molar-refractivity contribution in [1.29, 1.82) is 5.26 Å². The maximum atomic E-state index is 11.9. The summed E-state index contributed by atoms with van der Waals surface area (Å²) < 4.78 is 21.1. The molecule has 2 unspecified atom stereocenters. The highest BCUT2D eigenvalue weighted by Gasteiger charge is 2.41. The van der Waals surface area contributed by atoms with Crippen LogP contribution >= 0.6 is 8.03 Å². The van der Waals surface area contributed by atoms with E-state index in [-0.39, 0.29) is 19.2 Å². The molecular formula is C12H20N2O5P+. The van der Waals surface area contributed by atoms with Crippen LogP contribution in [0.25, 0.3) is 0 Å². The molecule has 1 N–H and O–H groups in total. The second-order valence-electron chi connectivity index (χ2n) is 4.00. The van der Waals surface area contributed by atoms with Crippen molar-refractivity contribution in [2.45, 2.75) is 39.2 Å². The number of carbonyl (C=O) groups excluding carboxylic acids is 2. The molecule has 0 aliphatic heterocycles. The summed E-state index contributed by atoms with van der Waals surface area (Å²) in [5, 5.41) is 11.5. The minimum Gasteiger partial charge on any atom is -0.463 e. The second-order valence-corrected chi connectivity index (χ2v) is 5.37. The van der Waals surface area contributed by atoms with Gasteiger partial charge in [0.2, 0.25) is 11.4 Å². The van der Waals surface area contributed by atoms with Crippen molar-refractivity contribution in [3.63, 3.8) is 0 Å². The Kier molecular flexibility index (Phi) is 8.69. The topological polar surface area (TPSA) is 105 Å². The summed E-state index contributed by atoms with van der Waals surface area (Å²) in [6.07, 6.45) is 0.531. The molecule has 7 nitrogen and oxygen atoms in total. The Bertz CT molecular complexity index is 407.